The number of aromatic nitrogens is 2. The third-order valence-corrected chi connectivity index (χ3v) is 10.5. The Morgan fingerprint density at radius 1 is 0.825 bits per heavy atom. The van der Waals surface area contributed by atoms with E-state index in [0.29, 0.717) is 6.42 Å². The van der Waals surface area contributed by atoms with Crippen molar-refractivity contribution in [1.29, 1.82) is 0 Å². The molecule has 0 aromatic carbocycles. The molecule has 3 saturated heterocycles. The maximum atomic E-state index is 13.1. The number of nitrogens with zero attached hydrogens (tertiary/aromatic N) is 1. The van der Waals surface area contributed by atoms with E-state index in [1.165, 1.54) is 38.2 Å². The molecule has 4 heterocycles. The molecule has 0 saturated carbocycles. The summed E-state index contributed by atoms with van der Waals surface area (Å²) in [6.45, 7) is 2.52. The fraction of sp³-hybridized carbons (Fsp3) is 0.784. The number of unbranched alkanes of at least 4 members (excludes halogenated alkanes) is 9. The van der Waals surface area contributed by atoms with Gasteiger partial charge in [-0.15, -0.1) is 0 Å². The Bertz CT molecular complexity index is 1560. The van der Waals surface area contributed by atoms with Crippen molar-refractivity contribution in [3.05, 3.63) is 45.3 Å². The number of amides is 2. The molecule has 1 aromatic heterocycles. The Kier molecular flexibility index (Phi) is 18.2. The first-order valence-corrected chi connectivity index (χ1v) is 19.7. The van der Waals surface area contributed by atoms with E-state index in [1.54, 1.807) is 6.08 Å². The average molecular weight is 817 g/mol. The normalized spacial score (nSPS) is 35.0. The Morgan fingerprint density at radius 3 is 2.00 bits per heavy atom. The number of H-pyrrole nitrogens is 1. The maximum Gasteiger partial charge on any atom is 0.330 e. The van der Waals surface area contributed by atoms with Gasteiger partial charge in [0.25, 0.3) is 5.56 Å². The van der Waals surface area contributed by atoms with Gasteiger partial charge in [0, 0.05) is 25.6 Å². The first-order chi connectivity index (χ1) is 27.2. The molecule has 1 aromatic rings. The van der Waals surface area contributed by atoms with Gasteiger partial charge in [-0.25, -0.2) is 4.79 Å². The zero-order valence-electron chi connectivity index (χ0n) is 32.2. The van der Waals surface area contributed by atoms with Crippen LogP contribution in [0.25, 0.3) is 0 Å². The summed E-state index contributed by atoms with van der Waals surface area (Å²) in [6.07, 6.45) is -7.70. The number of aliphatic hydroxyl groups excluding tert-OH is 8. The number of nitrogens with one attached hydrogen (secondary N) is 3. The van der Waals surface area contributed by atoms with Crippen LogP contribution in [-0.4, -0.2) is 155 Å². The minimum absolute atomic E-state index is 0.597. The zero-order valence-corrected chi connectivity index (χ0v) is 32.2. The molecule has 0 aliphatic carbocycles. The fourth-order valence-electron chi connectivity index (χ4n) is 7.32. The standard InChI is InChI=1S/C37H60N4O16/c1-3-4-5-6-7-8-9-10-11-12-13-14-23(45)39-26-30(50)27(47)21(54-36(26)57-35-25(38-19(2)43)29(49)28(48)22(18-42)55-35)17-20(44)33-31(51)32(52)34(56-33)41-16-15-24(46)40-37(41)53/h13-16,20-22,25-36,42,44,47-52H,3-12,17-18H2,1-2H3,(H,38,43)(H,39,45)(H,40,46,53)/b14-13+/t20-,21-,22-,25-,26-,27+,28-,29-,30-,31+,32-,33-,34-,35-,36+/m1/s1. The number of hydrogen-bond donors (Lipinski definition) is 11. The van der Waals surface area contributed by atoms with Crippen molar-refractivity contribution in [2.24, 2.45) is 0 Å². The van der Waals surface area contributed by atoms with E-state index >= 15 is 0 Å². The predicted octanol–water partition coefficient (Wildman–Crippen LogP) is -2.72. The van der Waals surface area contributed by atoms with Crippen LogP contribution in [-0.2, 0) is 28.5 Å². The lowest BCUT2D eigenvalue weighted by atomic mass is 9.91. The van der Waals surface area contributed by atoms with Gasteiger partial charge in [-0.2, -0.15) is 0 Å². The van der Waals surface area contributed by atoms with E-state index in [1.807, 2.05) is 4.98 Å². The molecule has 3 aliphatic rings. The molecule has 3 fully saturated rings. The summed E-state index contributed by atoms with van der Waals surface area (Å²) in [7, 11) is 0. The molecular weight excluding hydrogens is 756 g/mol. The maximum absolute atomic E-state index is 13.1. The Morgan fingerprint density at radius 2 is 1.40 bits per heavy atom. The van der Waals surface area contributed by atoms with Crippen LogP contribution in [0.3, 0.4) is 0 Å². The van der Waals surface area contributed by atoms with Crippen LogP contribution in [0, 0.1) is 0 Å². The fourth-order valence-corrected chi connectivity index (χ4v) is 7.32. The van der Waals surface area contributed by atoms with Gasteiger partial charge in [-0.05, 0) is 18.9 Å². The van der Waals surface area contributed by atoms with E-state index in [2.05, 4.69) is 17.6 Å². The molecule has 15 atom stereocenters. The molecule has 0 radical (unpaired) electrons. The molecule has 11 N–H and O–H groups in total. The van der Waals surface area contributed by atoms with Crippen molar-refractivity contribution in [3.8, 4) is 0 Å². The van der Waals surface area contributed by atoms with Gasteiger partial charge < -0.3 is 70.4 Å². The number of rotatable bonds is 20. The number of ether oxygens (including phenoxy) is 4. The van der Waals surface area contributed by atoms with Crippen LogP contribution in [0.5, 0.6) is 0 Å². The van der Waals surface area contributed by atoms with Crippen molar-refractivity contribution in [3.63, 3.8) is 0 Å². The van der Waals surface area contributed by atoms with Crippen molar-refractivity contribution >= 4 is 11.8 Å². The number of aliphatic hydroxyl groups is 8. The highest BCUT2D eigenvalue weighted by Crippen LogP contribution is 2.34. The molecule has 324 valence electrons. The summed E-state index contributed by atoms with van der Waals surface area (Å²) < 4.78 is 24.1. The quantitative estimate of drug-likeness (QED) is 0.0470. The van der Waals surface area contributed by atoms with Crippen LogP contribution in [0.15, 0.2) is 34.0 Å². The van der Waals surface area contributed by atoms with Crippen molar-refractivity contribution in [2.75, 3.05) is 6.61 Å². The molecule has 2 amide bonds. The summed E-state index contributed by atoms with van der Waals surface area (Å²) in [6, 6.07) is -2.01. The number of carbonyl (C=O) groups is 2. The lowest BCUT2D eigenvalue weighted by Crippen LogP contribution is -2.68. The zero-order chi connectivity index (χ0) is 41.8. The molecular formula is C37H60N4O16. The Hall–Kier alpha value is -3.12. The van der Waals surface area contributed by atoms with Crippen molar-refractivity contribution < 1.29 is 69.4 Å². The predicted molar refractivity (Wildman–Crippen MR) is 198 cm³/mol. The lowest BCUT2D eigenvalue weighted by molar-refractivity contribution is -0.346. The van der Waals surface area contributed by atoms with Crippen LogP contribution in [0.1, 0.15) is 90.7 Å². The summed E-state index contributed by atoms with van der Waals surface area (Å²) in [4.78, 5) is 51.0. The second kappa shape index (κ2) is 22.3. The topological polar surface area (TPSA) is 312 Å². The monoisotopic (exact) mass is 816 g/mol. The third-order valence-electron chi connectivity index (χ3n) is 10.5. The molecule has 20 nitrogen and oxygen atoms in total. The van der Waals surface area contributed by atoms with Gasteiger partial charge in [0.15, 0.2) is 18.8 Å². The number of aromatic amines is 1. The first kappa shape index (κ1) is 46.6. The highest BCUT2D eigenvalue weighted by molar-refractivity contribution is 5.87. The molecule has 3 aliphatic heterocycles. The first-order valence-electron chi connectivity index (χ1n) is 19.7. The summed E-state index contributed by atoms with van der Waals surface area (Å²) in [5.74, 6) is -1.35. The van der Waals surface area contributed by atoms with Crippen LogP contribution in [0.4, 0.5) is 0 Å². The molecule has 4 rings (SSSR count). The van der Waals surface area contributed by atoms with Crippen molar-refractivity contribution in [1.82, 2.24) is 20.2 Å². The molecule has 57 heavy (non-hydrogen) atoms. The SMILES string of the molecule is CCCCCCCCCCC/C=C/C(=O)N[C@H]1[C@H](O[C@H]2O[C@H](CO)[C@@H](O)[C@H](O)[C@H]2NC(C)=O)O[C@H](C[C@@H](O)[C@H]2O[C@@H](n3ccc(=O)[nH]c3=O)[C@H](O)[C@@H]2O)[C@H](O)[C@@H]1O. The summed E-state index contributed by atoms with van der Waals surface area (Å²) >= 11 is 0. The van der Waals surface area contributed by atoms with E-state index in [9.17, 15) is 60.0 Å². The van der Waals surface area contributed by atoms with Gasteiger partial charge in [0.1, 0.15) is 60.9 Å². The van der Waals surface area contributed by atoms with Gasteiger partial charge in [-0.1, -0.05) is 64.4 Å². The van der Waals surface area contributed by atoms with Gasteiger partial charge in [-0.3, -0.25) is 23.9 Å². The lowest BCUT2D eigenvalue weighted by Gasteiger charge is -2.47. The van der Waals surface area contributed by atoms with E-state index in [4.69, 9.17) is 18.9 Å². The van der Waals surface area contributed by atoms with Gasteiger partial charge in [0.05, 0.1) is 18.8 Å². The van der Waals surface area contributed by atoms with Crippen LogP contribution >= 0.6 is 0 Å². The Labute approximate surface area is 329 Å². The summed E-state index contributed by atoms with van der Waals surface area (Å²) in [5.41, 5.74) is -1.68. The van der Waals surface area contributed by atoms with Gasteiger partial charge in [0.2, 0.25) is 11.8 Å². The minimum atomic E-state index is -1.85. The van der Waals surface area contributed by atoms with Crippen LogP contribution in [0.2, 0.25) is 0 Å². The number of allylic oxidation sites excluding steroid dienone is 1. The molecule has 0 unspecified atom stereocenters. The molecule has 0 spiro atoms. The van der Waals surface area contributed by atoms with Crippen molar-refractivity contribution in [2.45, 2.75) is 176 Å². The Balaban J connectivity index is 1.48. The smallest absolute Gasteiger partial charge is 0.330 e. The van der Waals surface area contributed by atoms with E-state index < -0.39 is 128 Å². The molecule has 0 bridgehead atoms. The highest BCUT2D eigenvalue weighted by atomic mass is 16.8. The number of carbonyl (C=O) groups excluding carboxylic acids is 2. The highest BCUT2D eigenvalue weighted by Gasteiger charge is 2.53. The van der Waals surface area contributed by atoms with Gasteiger partial charge >= 0.3 is 5.69 Å². The second-order valence-electron chi connectivity index (χ2n) is 14.9. The largest absolute Gasteiger partial charge is 0.394 e. The van der Waals surface area contributed by atoms with Crippen LogP contribution < -0.4 is 21.9 Å². The minimum Gasteiger partial charge on any atom is -0.394 e. The van der Waals surface area contributed by atoms with E-state index in [0.717, 1.165) is 49.4 Å². The average Bonchev–Trinajstić information content (AvgIpc) is 3.46. The number of hydrogen-bond acceptors (Lipinski definition) is 16. The van der Waals surface area contributed by atoms with E-state index in [-0.39, 0.29) is 0 Å². The second-order valence-corrected chi connectivity index (χ2v) is 14.9. The third kappa shape index (κ3) is 12.4. The molecule has 20 heteroatoms. The summed E-state index contributed by atoms with van der Waals surface area (Å²) in [5, 5.41) is 91.3.